The Labute approximate surface area is 377 Å². The molecule has 0 saturated carbocycles. The normalized spacial score (nSPS) is 18.1. The van der Waals surface area contributed by atoms with E-state index in [4.69, 9.17) is 38.5 Å². The molecule has 2 aliphatic rings. The van der Waals surface area contributed by atoms with Gasteiger partial charge >= 0.3 is 5.97 Å². The van der Waals surface area contributed by atoms with Crippen molar-refractivity contribution in [1.82, 2.24) is 0 Å². The SMILES string of the molecule is CC1(C)OC[C@H](COCC(=O)c2ccc(F)c(F)c2Cc2ccc(I)cc2F)O1.CC1(C)OC[C@H](CON)O1.O=C(O)c1ccc(F)c(F)c1Cc1ccc(I)cc1F.[3H]P([3H])[3H]. The van der Waals surface area contributed by atoms with Crippen molar-refractivity contribution in [3.8, 4) is 0 Å². The van der Waals surface area contributed by atoms with Gasteiger partial charge in [-0.3, -0.25) is 4.79 Å². The molecule has 2 atom stereocenters. The largest absolute Gasteiger partial charge is 0.478 e. The molecule has 0 spiro atoms. The molecule has 0 bridgehead atoms. The van der Waals surface area contributed by atoms with Gasteiger partial charge in [0.15, 0.2) is 40.6 Å². The summed E-state index contributed by atoms with van der Waals surface area (Å²) < 4.78 is 129. The molecule has 10 nitrogen and oxygen atoms in total. The van der Waals surface area contributed by atoms with Crippen LogP contribution in [-0.4, -0.2) is 77.5 Å². The number of aromatic carboxylic acids is 1. The first kappa shape index (κ1) is 46.7. The highest BCUT2D eigenvalue weighted by molar-refractivity contribution is 14.1. The molecule has 2 fully saturated rings. The molecule has 0 amide bonds. The Morgan fingerprint density at radius 2 is 1.18 bits per heavy atom. The lowest BCUT2D eigenvalue weighted by Gasteiger charge is -2.17. The van der Waals surface area contributed by atoms with Crippen LogP contribution in [0.1, 0.15) is 70.7 Å². The molecule has 0 aromatic heterocycles. The van der Waals surface area contributed by atoms with Crippen LogP contribution < -0.4 is 5.90 Å². The lowest BCUT2D eigenvalue weighted by atomic mass is 9.96. The van der Waals surface area contributed by atoms with E-state index in [2.05, 4.69) is 4.84 Å². The predicted octanol–water partition coefficient (Wildman–Crippen LogP) is 8.73. The maximum Gasteiger partial charge on any atom is 0.336 e. The number of Topliss-reactive ketones (excluding diaryl/α,β-unsaturated/α-hetero) is 1. The standard InChI is InChI=1S/C21H20F3IO4.C14H8F3IO2.C6H13NO3.H3P/c1-21(2)28-10-14(29-21)9-27-11-19(26)15-5-6-17(22)20(24)16(15)7-12-3-4-13(25)8-18(12)23;15-11-4-3-9(14(19)20)10(13(11)17)5-7-1-2-8(18)6-12(7)16;1-6(2)8-3-5(10-6)4-9-7;/h3-6,8,14H,7,9-11H2,1-2H3;1-4,6H,5H2,(H,19,20);5H,3-4,7H2,1-2H3;1H3/t14-;;5-;/m0.1./s1/i;;;1T3. The number of rotatable bonds is 12. The lowest BCUT2D eigenvalue weighted by Crippen LogP contribution is -2.25. The van der Waals surface area contributed by atoms with E-state index in [1.54, 1.807) is 26.0 Å². The molecule has 0 unspecified atom stereocenters. The summed E-state index contributed by atoms with van der Waals surface area (Å²) in [5.41, 5.74) is -0.688. The third-order valence-electron chi connectivity index (χ3n) is 8.64. The number of ether oxygens (including phenoxy) is 5. The van der Waals surface area contributed by atoms with Crippen LogP contribution in [0.4, 0.5) is 26.3 Å². The molecule has 3 N–H and O–H groups in total. The van der Waals surface area contributed by atoms with Crippen molar-refractivity contribution in [3.05, 3.63) is 136 Å². The summed E-state index contributed by atoms with van der Waals surface area (Å²) in [7, 11) is -1.87. The van der Waals surface area contributed by atoms with Gasteiger partial charge in [-0.25, -0.2) is 37.0 Å². The van der Waals surface area contributed by atoms with Gasteiger partial charge in [0.25, 0.3) is 0 Å². The van der Waals surface area contributed by atoms with Gasteiger partial charge in [-0.15, -0.1) is 0 Å². The van der Waals surface area contributed by atoms with Crippen LogP contribution in [0.3, 0.4) is 0 Å². The van der Waals surface area contributed by atoms with Crippen molar-refractivity contribution >= 4 is 66.7 Å². The number of carbonyl (C=O) groups is 2. The molecule has 2 saturated heterocycles. The second kappa shape index (κ2) is 23.1. The number of carboxylic acid groups (broad SMARTS) is 1. The number of nitrogens with two attached hydrogens (primary N) is 1. The van der Waals surface area contributed by atoms with Crippen LogP contribution in [0.2, 0.25) is 0 Å². The fourth-order valence-electron chi connectivity index (χ4n) is 5.86. The third kappa shape index (κ3) is 14.9. The van der Waals surface area contributed by atoms with Gasteiger partial charge < -0.3 is 33.6 Å². The van der Waals surface area contributed by atoms with Crippen molar-refractivity contribution < 1.29 is 69.6 Å². The molecule has 6 rings (SSSR count). The zero-order valence-electron chi connectivity index (χ0n) is 35.6. The van der Waals surface area contributed by atoms with Crippen molar-refractivity contribution in [1.29, 1.82) is 3.84 Å². The zero-order chi connectivity index (χ0) is 47.2. The topological polar surface area (TPSA) is 136 Å². The fourth-order valence-corrected chi connectivity index (χ4v) is 6.77. The fraction of sp³-hybridized carbons (Fsp3) is 0.366. The van der Waals surface area contributed by atoms with Gasteiger partial charge in [0.2, 0.25) is 0 Å². The Bertz CT molecular complexity index is 2200. The van der Waals surface area contributed by atoms with Crippen LogP contribution in [0, 0.1) is 42.0 Å². The minimum Gasteiger partial charge on any atom is -0.478 e. The molecular weight excluding hydrogens is 1050 g/mol. The number of carboxylic acids is 1. The molecule has 0 radical (unpaired) electrons. The predicted molar refractivity (Wildman–Crippen MR) is 230 cm³/mol. The maximum absolute atomic E-state index is 14.4. The molecule has 60 heavy (non-hydrogen) atoms. The molecule has 4 aromatic rings. The summed E-state index contributed by atoms with van der Waals surface area (Å²) in [6, 6.07) is 12.5. The number of benzene rings is 4. The molecule has 328 valence electrons. The van der Waals surface area contributed by atoms with Gasteiger partial charge in [-0.1, -0.05) is 12.1 Å². The number of halogens is 8. The maximum atomic E-state index is 14.4. The van der Waals surface area contributed by atoms with E-state index < -0.39 is 68.0 Å². The van der Waals surface area contributed by atoms with E-state index in [9.17, 15) is 35.9 Å². The highest BCUT2D eigenvalue weighted by Crippen LogP contribution is 2.27. The quantitative estimate of drug-likeness (QED) is 0.0467. The number of hydrogen-bond acceptors (Lipinski definition) is 9. The second-order valence-corrected chi connectivity index (χ2v) is 16.6. The summed E-state index contributed by atoms with van der Waals surface area (Å²) in [6.07, 6.45) is -0.905. The molecule has 19 heteroatoms. The van der Waals surface area contributed by atoms with Crippen LogP contribution in [0.5, 0.6) is 0 Å². The van der Waals surface area contributed by atoms with Gasteiger partial charge in [0.05, 0.1) is 35.8 Å². The lowest BCUT2D eigenvalue weighted by molar-refractivity contribution is -0.145. The second-order valence-electron chi connectivity index (χ2n) is 14.1. The average Bonchev–Trinajstić information content (AvgIpc) is 3.72. The summed E-state index contributed by atoms with van der Waals surface area (Å²) in [4.78, 5) is 28.0. The van der Waals surface area contributed by atoms with Crippen LogP contribution in [0.15, 0.2) is 60.7 Å². The Hall–Kier alpha value is -2.79. The molecule has 2 heterocycles. The first-order valence-electron chi connectivity index (χ1n) is 19.2. The third-order valence-corrected chi connectivity index (χ3v) is 9.98. The Morgan fingerprint density at radius 3 is 1.58 bits per heavy atom. The first-order valence-corrected chi connectivity index (χ1v) is 20.0. The average molecular weight is 1100 g/mol. The molecule has 0 aliphatic carbocycles. The zero-order valence-corrected chi connectivity index (χ0v) is 37.8. The highest BCUT2D eigenvalue weighted by atomic mass is 127. The molecule has 2 aliphatic heterocycles. The molecular formula is C41H44F6I2NO9P. The van der Waals surface area contributed by atoms with Crippen molar-refractivity contribution in [3.63, 3.8) is 0 Å². The van der Waals surface area contributed by atoms with E-state index in [1.807, 2.05) is 59.0 Å². The Kier molecular flexibility index (Phi) is 17.9. The van der Waals surface area contributed by atoms with Crippen molar-refractivity contribution in [2.45, 2.75) is 64.3 Å². The molecule has 4 aromatic carbocycles. The summed E-state index contributed by atoms with van der Waals surface area (Å²) in [5.74, 6) is -4.03. The smallest absolute Gasteiger partial charge is 0.336 e. The summed E-state index contributed by atoms with van der Waals surface area (Å²) >= 11 is 3.87. The Morgan fingerprint density at radius 1 is 0.750 bits per heavy atom. The summed E-state index contributed by atoms with van der Waals surface area (Å²) in [5, 5.41) is 8.99. The highest BCUT2D eigenvalue weighted by Gasteiger charge is 2.33. The van der Waals surface area contributed by atoms with Gasteiger partial charge in [0.1, 0.15) is 30.4 Å². The minimum atomic E-state index is -1.87. The van der Waals surface area contributed by atoms with E-state index in [1.165, 1.54) is 30.3 Å². The van der Waals surface area contributed by atoms with E-state index in [-0.39, 0.29) is 71.6 Å². The van der Waals surface area contributed by atoms with Gasteiger partial charge in [-0.05, 0) is 133 Å². The van der Waals surface area contributed by atoms with Gasteiger partial charge in [-0.2, -0.15) is 9.73 Å². The van der Waals surface area contributed by atoms with Crippen molar-refractivity contribution in [2.75, 3.05) is 33.0 Å². The summed E-state index contributed by atoms with van der Waals surface area (Å²) in [6.45, 7) is 8.35. The van der Waals surface area contributed by atoms with Crippen LogP contribution in [0.25, 0.3) is 0 Å². The minimum absolute atomic E-state index is 0.0139. The van der Waals surface area contributed by atoms with E-state index in [0.717, 1.165) is 18.2 Å². The van der Waals surface area contributed by atoms with Gasteiger partial charge in [0, 0.05) is 36.7 Å². The first-order chi connectivity index (χ1) is 29.4. The Balaban J connectivity index is 0.000000266. The van der Waals surface area contributed by atoms with Crippen LogP contribution in [-0.2, 0) is 41.4 Å². The van der Waals surface area contributed by atoms with Crippen LogP contribution >= 0.6 is 54.9 Å². The van der Waals surface area contributed by atoms with E-state index in [0.29, 0.717) is 27.0 Å². The van der Waals surface area contributed by atoms with E-state index >= 15 is 0 Å². The monoisotopic (exact) mass is 1100 g/mol. The number of carbonyl (C=O) groups excluding carboxylic acids is 1. The van der Waals surface area contributed by atoms with Crippen molar-refractivity contribution in [2.24, 2.45) is 5.90 Å². The number of ketones is 1. The number of hydrogen-bond donors (Lipinski definition) is 2.